The predicted octanol–water partition coefficient (Wildman–Crippen LogP) is 1.88. The lowest BCUT2D eigenvalue weighted by molar-refractivity contribution is 0.393. The van der Waals surface area contributed by atoms with E-state index in [-0.39, 0.29) is 0 Å². The summed E-state index contributed by atoms with van der Waals surface area (Å²) in [6.45, 7) is 4.54. The maximum absolute atomic E-state index is 4.54. The molecule has 1 atom stereocenters. The van der Waals surface area contributed by atoms with Gasteiger partial charge in [0.05, 0.1) is 0 Å². The van der Waals surface area contributed by atoms with Crippen molar-refractivity contribution >= 4 is 0 Å². The fraction of sp³-hybridized carbons (Fsp3) is 0.583. The van der Waals surface area contributed by atoms with Crippen LogP contribution in [-0.2, 0) is 6.42 Å². The van der Waals surface area contributed by atoms with Crippen LogP contribution in [0.15, 0.2) is 18.2 Å². The van der Waals surface area contributed by atoms with Crippen molar-refractivity contribution in [3.05, 3.63) is 29.6 Å². The fourth-order valence-corrected chi connectivity index (χ4v) is 2.20. The van der Waals surface area contributed by atoms with Crippen molar-refractivity contribution in [1.29, 1.82) is 0 Å². The summed E-state index contributed by atoms with van der Waals surface area (Å²) in [5.41, 5.74) is 2.39. The summed E-state index contributed by atoms with van der Waals surface area (Å²) in [4.78, 5) is 6.95. The molecule has 0 bridgehead atoms. The Hall–Kier alpha value is -0.890. The molecule has 76 valence electrons. The maximum Gasteiger partial charge on any atom is 0.0410 e. The highest BCUT2D eigenvalue weighted by molar-refractivity contribution is 5.10. The second-order valence-electron chi connectivity index (χ2n) is 4.39. The summed E-state index contributed by atoms with van der Waals surface area (Å²) in [5, 5.41) is 0. The zero-order valence-electron chi connectivity index (χ0n) is 9.03. The van der Waals surface area contributed by atoms with Gasteiger partial charge in [0.2, 0.25) is 0 Å². The third-order valence-corrected chi connectivity index (χ3v) is 2.93. The van der Waals surface area contributed by atoms with E-state index in [1.807, 2.05) is 0 Å². The summed E-state index contributed by atoms with van der Waals surface area (Å²) in [5.74, 6) is 0.814. The van der Waals surface area contributed by atoms with Gasteiger partial charge in [-0.25, -0.2) is 0 Å². The second-order valence-corrected chi connectivity index (χ2v) is 4.39. The van der Waals surface area contributed by atoms with Crippen LogP contribution in [0.25, 0.3) is 0 Å². The first-order chi connectivity index (χ1) is 6.74. The van der Waals surface area contributed by atoms with E-state index < -0.39 is 0 Å². The van der Waals surface area contributed by atoms with Crippen LogP contribution >= 0.6 is 0 Å². The first kappa shape index (κ1) is 9.66. The van der Waals surface area contributed by atoms with E-state index in [2.05, 4.69) is 42.1 Å². The van der Waals surface area contributed by atoms with Gasteiger partial charge in [0.15, 0.2) is 0 Å². The Morgan fingerprint density at radius 3 is 3.00 bits per heavy atom. The Morgan fingerprint density at radius 2 is 2.36 bits per heavy atom. The molecule has 1 unspecified atom stereocenters. The van der Waals surface area contributed by atoms with Crippen LogP contribution in [0.4, 0.5) is 0 Å². The number of rotatable bonds is 2. The van der Waals surface area contributed by atoms with Gasteiger partial charge in [-0.2, -0.15) is 0 Å². The fourth-order valence-electron chi connectivity index (χ4n) is 2.20. The van der Waals surface area contributed by atoms with Crippen LogP contribution in [0.2, 0.25) is 0 Å². The molecule has 0 radical (unpaired) electrons. The molecular formula is C12H18N2. The lowest BCUT2D eigenvalue weighted by atomic mass is 10.0. The predicted molar refractivity (Wildman–Crippen MR) is 58.3 cm³/mol. The molecule has 2 heteroatoms. The molecule has 1 saturated heterocycles. The topological polar surface area (TPSA) is 16.1 Å². The van der Waals surface area contributed by atoms with Crippen LogP contribution in [0.3, 0.4) is 0 Å². The summed E-state index contributed by atoms with van der Waals surface area (Å²) < 4.78 is 0. The van der Waals surface area contributed by atoms with Gasteiger partial charge in [-0.3, -0.25) is 4.98 Å². The second kappa shape index (κ2) is 4.09. The minimum atomic E-state index is 0.814. The van der Waals surface area contributed by atoms with E-state index in [1.54, 1.807) is 0 Å². The first-order valence-corrected chi connectivity index (χ1v) is 5.35. The van der Waals surface area contributed by atoms with E-state index in [0.717, 1.165) is 18.0 Å². The Bertz CT molecular complexity index is 309. The molecule has 1 aromatic rings. The van der Waals surface area contributed by atoms with E-state index in [4.69, 9.17) is 0 Å². The largest absolute Gasteiger partial charge is 0.306 e. The van der Waals surface area contributed by atoms with Gasteiger partial charge in [-0.05, 0) is 51.4 Å². The highest BCUT2D eigenvalue weighted by atomic mass is 15.1. The number of nitrogens with zero attached hydrogens (tertiary/aromatic N) is 2. The van der Waals surface area contributed by atoms with Gasteiger partial charge >= 0.3 is 0 Å². The van der Waals surface area contributed by atoms with Crippen molar-refractivity contribution < 1.29 is 0 Å². The van der Waals surface area contributed by atoms with Crippen molar-refractivity contribution in [3.63, 3.8) is 0 Å². The van der Waals surface area contributed by atoms with Crippen LogP contribution in [-0.4, -0.2) is 30.0 Å². The Labute approximate surface area is 86.0 Å². The first-order valence-electron chi connectivity index (χ1n) is 5.35. The number of pyridine rings is 1. The van der Waals surface area contributed by atoms with E-state index in [1.165, 1.54) is 25.2 Å². The SMILES string of the molecule is Cc1cccc(CC2CCN(C)C2)n1. The molecular weight excluding hydrogens is 172 g/mol. The quantitative estimate of drug-likeness (QED) is 0.708. The molecule has 1 aromatic heterocycles. The number of hydrogen-bond donors (Lipinski definition) is 0. The summed E-state index contributed by atoms with van der Waals surface area (Å²) in [6.07, 6.45) is 2.47. The van der Waals surface area contributed by atoms with Crippen LogP contribution in [0, 0.1) is 12.8 Å². The van der Waals surface area contributed by atoms with Crippen molar-refractivity contribution in [2.24, 2.45) is 5.92 Å². The highest BCUT2D eigenvalue weighted by Crippen LogP contribution is 2.18. The lowest BCUT2D eigenvalue weighted by Crippen LogP contribution is -2.15. The van der Waals surface area contributed by atoms with Crippen molar-refractivity contribution in [3.8, 4) is 0 Å². The number of aryl methyl sites for hydroxylation is 1. The monoisotopic (exact) mass is 190 g/mol. The average molecular weight is 190 g/mol. The molecule has 0 spiro atoms. The number of likely N-dealkylation sites (tertiary alicyclic amines) is 1. The van der Waals surface area contributed by atoms with Gasteiger partial charge in [0, 0.05) is 17.9 Å². The molecule has 1 aliphatic heterocycles. The molecule has 2 heterocycles. The van der Waals surface area contributed by atoms with E-state index in [9.17, 15) is 0 Å². The molecule has 0 saturated carbocycles. The summed E-state index contributed by atoms with van der Waals surface area (Å²) in [7, 11) is 2.20. The normalized spacial score (nSPS) is 22.9. The minimum absolute atomic E-state index is 0.814. The van der Waals surface area contributed by atoms with Gasteiger partial charge < -0.3 is 4.90 Å². The molecule has 14 heavy (non-hydrogen) atoms. The van der Waals surface area contributed by atoms with E-state index >= 15 is 0 Å². The standard InChI is InChI=1S/C12H18N2/c1-10-4-3-5-12(13-10)8-11-6-7-14(2)9-11/h3-5,11H,6-9H2,1-2H3. The van der Waals surface area contributed by atoms with E-state index in [0.29, 0.717) is 0 Å². The van der Waals surface area contributed by atoms with Gasteiger partial charge in [0.25, 0.3) is 0 Å². The van der Waals surface area contributed by atoms with Crippen molar-refractivity contribution in [1.82, 2.24) is 9.88 Å². The Kier molecular flexibility index (Phi) is 2.82. The molecule has 0 aliphatic carbocycles. The Morgan fingerprint density at radius 1 is 1.50 bits per heavy atom. The summed E-state index contributed by atoms with van der Waals surface area (Å²) in [6, 6.07) is 6.31. The van der Waals surface area contributed by atoms with Crippen molar-refractivity contribution in [2.75, 3.05) is 20.1 Å². The lowest BCUT2D eigenvalue weighted by Gasteiger charge is -2.09. The average Bonchev–Trinajstić information content (AvgIpc) is 2.51. The molecule has 0 amide bonds. The van der Waals surface area contributed by atoms with Gasteiger partial charge in [-0.1, -0.05) is 6.07 Å². The molecule has 2 nitrogen and oxygen atoms in total. The molecule has 0 N–H and O–H groups in total. The zero-order valence-corrected chi connectivity index (χ0v) is 9.03. The Balaban J connectivity index is 1.97. The number of hydrogen-bond acceptors (Lipinski definition) is 2. The third kappa shape index (κ3) is 2.32. The third-order valence-electron chi connectivity index (χ3n) is 2.93. The molecule has 1 fully saturated rings. The molecule has 2 rings (SSSR count). The highest BCUT2D eigenvalue weighted by Gasteiger charge is 2.19. The molecule has 1 aliphatic rings. The molecule has 0 aromatic carbocycles. The van der Waals surface area contributed by atoms with Gasteiger partial charge in [-0.15, -0.1) is 0 Å². The van der Waals surface area contributed by atoms with Crippen LogP contribution < -0.4 is 0 Å². The van der Waals surface area contributed by atoms with Gasteiger partial charge in [0.1, 0.15) is 0 Å². The summed E-state index contributed by atoms with van der Waals surface area (Å²) >= 11 is 0. The van der Waals surface area contributed by atoms with Crippen LogP contribution in [0.5, 0.6) is 0 Å². The number of aromatic nitrogens is 1. The van der Waals surface area contributed by atoms with Crippen molar-refractivity contribution in [2.45, 2.75) is 19.8 Å². The smallest absolute Gasteiger partial charge is 0.0410 e. The zero-order chi connectivity index (χ0) is 9.97. The van der Waals surface area contributed by atoms with Crippen LogP contribution in [0.1, 0.15) is 17.8 Å². The maximum atomic E-state index is 4.54. The minimum Gasteiger partial charge on any atom is -0.306 e.